The molecule has 0 aliphatic carbocycles. The Balaban J connectivity index is 3.14. The standard InChI is InChI=1S/C10H24N2O3/c1-13-7-6-11-4-5-12-8-10(15-3)9-14-2/h10-12H,4-9H2,1-3H3. The van der Waals surface area contributed by atoms with Crippen molar-refractivity contribution in [2.45, 2.75) is 6.10 Å². The summed E-state index contributed by atoms with van der Waals surface area (Å²) in [6.45, 7) is 4.95. The van der Waals surface area contributed by atoms with Crippen molar-refractivity contribution in [3.63, 3.8) is 0 Å². The molecule has 0 aromatic carbocycles. The van der Waals surface area contributed by atoms with Gasteiger partial charge in [0.15, 0.2) is 0 Å². The van der Waals surface area contributed by atoms with Crippen LogP contribution in [0, 0.1) is 0 Å². The highest BCUT2D eigenvalue weighted by Gasteiger charge is 2.04. The van der Waals surface area contributed by atoms with Gasteiger partial charge in [-0.05, 0) is 0 Å². The summed E-state index contributed by atoms with van der Waals surface area (Å²) in [5.74, 6) is 0. The quantitative estimate of drug-likeness (QED) is 0.459. The molecular formula is C10H24N2O3. The molecule has 0 rings (SSSR count). The molecule has 5 heteroatoms. The molecule has 0 radical (unpaired) electrons. The first-order valence-corrected chi connectivity index (χ1v) is 5.27. The van der Waals surface area contributed by atoms with Gasteiger partial charge in [0.2, 0.25) is 0 Å². The van der Waals surface area contributed by atoms with Crippen LogP contribution in [0.2, 0.25) is 0 Å². The molecule has 5 nitrogen and oxygen atoms in total. The zero-order valence-corrected chi connectivity index (χ0v) is 10.0. The number of methoxy groups -OCH3 is 3. The van der Waals surface area contributed by atoms with Crippen LogP contribution in [0.3, 0.4) is 0 Å². The third-order valence-corrected chi connectivity index (χ3v) is 2.02. The Hall–Kier alpha value is -0.200. The van der Waals surface area contributed by atoms with Crippen LogP contribution in [-0.2, 0) is 14.2 Å². The van der Waals surface area contributed by atoms with Gasteiger partial charge in [-0.1, -0.05) is 0 Å². The average molecular weight is 220 g/mol. The number of hydrogen-bond donors (Lipinski definition) is 2. The Bertz CT molecular complexity index is 125. The fourth-order valence-corrected chi connectivity index (χ4v) is 1.14. The van der Waals surface area contributed by atoms with Crippen molar-refractivity contribution < 1.29 is 14.2 Å². The highest BCUT2D eigenvalue weighted by molar-refractivity contribution is 4.60. The maximum atomic E-state index is 5.21. The van der Waals surface area contributed by atoms with E-state index >= 15 is 0 Å². The van der Waals surface area contributed by atoms with Crippen molar-refractivity contribution in [1.82, 2.24) is 10.6 Å². The lowest BCUT2D eigenvalue weighted by molar-refractivity contribution is 0.0291. The smallest absolute Gasteiger partial charge is 0.0928 e. The molecule has 0 spiro atoms. The summed E-state index contributed by atoms with van der Waals surface area (Å²) in [4.78, 5) is 0. The summed E-state index contributed by atoms with van der Waals surface area (Å²) in [7, 11) is 5.08. The van der Waals surface area contributed by atoms with Crippen molar-refractivity contribution in [2.24, 2.45) is 0 Å². The van der Waals surface area contributed by atoms with Crippen LogP contribution in [0.25, 0.3) is 0 Å². The van der Waals surface area contributed by atoms with E-state index in [0.29, 0.717) is 6.61 Å². The van der Waals surface area contributed by atoms with Gasteiger partial charge in [0, 0.05) is 47.5 Å². The molecule has 0 bridgehead atoms. The second-order valence-electron chi connectivity index (χ2n) is 3.26. The monoisotopic (exact) mass is 220 g/mol. The average Bonchev–Trinajstić information content (AvgIpc) is 2.26. The van der Waals surface area contributed by atoms with Crippen molar-refractivity contribution >= 4 is 0 Å². The van der Waals surface area contributed by atoms with E-state index in [1.807, 2.05) is 0 Å². The van der Waals surface area contributed by atoms with Crippen LogP contribution in [0.1, 0.15) is 0 Å². The van der Waals surface area contributed by atoms with Gasteiger partial charge in [-0.2, -0.15) is 0 Å². The van der Waals surface area contributed by atoms with Crippen LogP contribution in [0.4, 0.5) is 0 Å². The van der Waals surface area contributed by atoms with E-state index in [1.165, 1.54) is 0 Å². The molecule has 0 aromatic heterocycles. The Morgan fingerprint density at radius 3 is 2.27 bits per heavy atom. The molecule has 0 aliphatic heterocycles. The lowest BCUT2D eigenvalue weighted by Crippen LogP contribution is -2.36. The van der Waals surface area contributed by atoms with Crippen molar-refractivity contribution in [2.75, 3.05) is 60.7 Å². The predicted octanol–water partition coefficient (Wildman–Crippen LogP) is -0.527. The normalized spacial score (nSPS) is 13.0. The zero-order valence-electron chi connectivity index (χ0n) is 10.0. The lowest BCUT2D eigenvalue weighted by Gasteiger charge is -2.15. The van der Waals surface area contributed by atoms with Gasteiger partial charge < -0.3 is 24.8 Å². The SMILES string of the molecule is COCCNCCNCC(COC)OC. The van der Waals surface area contributed by atoms with Crippen LogP contribution in [0.15, 0.2) is 0 Å². The van der Waals surface area contributed by atoms with Crippen molar-refractivity contribution in [3.05, 3.63) is 0 Å². The minimum absolute atomic E-state index is 0.133. The first-order valence-electron chi connectivity index (χ1n) is 5.27. The van der Waals surface area contributed by atoms with Gasteiger partial charge in [0.05, 0.1) is 19.3 Å². The molecule has 92 valence electrons. The number of rotatable bonds is 11. The molecule has 0 heterocycles. The molecule has 0 amide bonds. The lowest BCUT2D eigenvalue weighted by atomic mass is 10.3. The van der Waals surface area contributed by atoms with Gasteiger partial charge in [-0.25, -0.2) is 0 Å². The van der Waals surface area contributed by atoms with Crippen LogP contribution in [-0.4, -0.2) is 66.8 Å². The third-order valence-electron chi connectivity index (χ3n) is 2.02. The van der Waals surface area contributed by atoms with Crippen molar-refractivity contribution in [3.8, 4) is 0 Å². The fraction of sp³-hybridized carbons (Fsp3) is 1.00. The largest absolute Gasteiger partial charge is 0.383 e. The molecule has 0 saturated heterocycles. The third kappa shape index (κ3) is 10.1. The van der Waals surface area contributed by atoms with E-state index in [0.717, 1.165) is 32.8 Å². The molecule has 0 saturated carbocycles. The van der Waals surface area contributed by atoms with Crippen molar-refractivity contribution in [1.29, 1.82) is 0 Å². The number of ether oxygens (including phenoxy) is 3. The minimum Gasteiger partial charge on any atom is -0.383 e. The summed E-state index contributed by atoms with van der Waals surface area (Å²) in [5.41, 5.74) is 0. The summed E-state index contributed by atoms with van der Waals surface area (Å²) in [6.07, 6.45) is 0.133. The Morgan fingerprint density at radius 2 is 1.67 bits per heavy atom. The first kappa shape index (κ1) is 14.8. The second-order valence-corrected chi connectivity index (χ2v) is 3.26. The van der Waals surface area contributed by atoms with Gasteiger partial charge in [0.1, 0.15) is 0 Å². The second kappa shape index (κ2) is 11.9. The van der Waals surface area contributed by atoms with Gasteiger partial charge in [-0.15, -0.1) is 0 Å². The molecule has 1 unspecified atom stereocenters. The summed E-state index contributed by atoms with van der Waals surface area (Å²) < 4.78 is 15.1. The minimum atomic E-state index is 0.133. The van der Waals surface area contributed by atoms with E-state index in [1.54, 1.807) is 21.3 Å². The van der Waals surface area contributed by atoms with Gasteiger partial charge >= 0.3 is 0 Å². The van der Waals surface area contributed by atoms with E-state index in [2.05, 4.69) is 10.6 Å². The van der Waals surface area contributed by atoms with Gasteiger partial charge in [0.25, 0.3) is 0 Å². The van der Waals surface area contributed by atoms with E-state index in [9.17, 15) is 0 Å². The highest BCUT2D eigenvalue weighted by atomic mass is 16.5. The predicted molar refractivity (Wildman–Crippen MR) is 60.3 cm³/mol. The molecule has 1 atom stereocenters. The zero-order chi connectivity index (χ0) is 11.4. The molecular weight excluding hydrogens is 196 g/mol. The number of hydrogen-bond acceptors (Lipinski definition) is 5. The molecule has 0 aliphatic rings. The van der Waals surface area contributed by atoms with Gasteiger partial charge in [-0.3, -0.25) is 0 Å². The topological polar surface area (TPSA) is 51.8 Å². The summed E-state index contributed by atoms with van der Waals surface area (Å²) in [5, 5.41) is 6.54. The Labute approximate surface area is 92.5 Å². The van der Waals surface area contributed by atoms with Crippen LogP contribution in [0.5, 0.6) is 0 Å². The summed E-state index contributed by atoms with van der Waals surface area (Å²) >= 11 is 0. The maximum Gasteiger partial charge on any atom is 0.0928 e. The van der Waals surface area contributed by atoms with E-state index in [-0.39, 0.29) is 6.10 Å². The maximum absolute atomic E-state index is 5.21. The van der Waals surface area contributed by atoms with E-state index < -0.39 is 0 Å². The summed E-state index contributed by atoms with van der Waals surface area (Å²) in [6, 6.07) is 0. The molecule has 2 N–H and O–H groups in total. The highest BCUT2D eigenvalue weighted by Crippen LogP contribution is 1.87. The Morgan fingerprint density at radius 1 is 0.933 bits per heavy atom. The Kier molecular flexibility index (Phi) is 11.7. The fourth-order valence-electron chi connectivity index (χ4n) is 1.14. The number of nitrogens with one attached hydrogen (secondary N) is 2. The molecule has 0 aromatic rings. The molecule has 0 fully saturated rings. The van der Waals surface area contributed by atoms with E-state index in [4.69, 9.17) is 14.2 Å². The van der Waals surface area contributed by atoms with Crippen LogP contribution >= 0.6 is 0 Å². The first-order chi connectivity index (χ1) is 7.35. The van der Waals surface area contributed by atoms with Crippen LogP contribution < -0.4 is 10.6 Å². The molecule has 15 heavy (non-hydrogen) atoms.